The fourth-order valence-electron chi connectivity index (χ4n) is 15.0. The monoisotopic (exact) mass is 1540 g/mol. The molecule has 1 aliphatic carbocycles. The van der Waals surface area contributed by atoms with E-state index in [0.717, 1.165) is 12.8 Å². The van der Waals surface area contributed by atoms with E-state index in [1.807, 2.05) is 74.4 Å². The minimum Gasteiger partial charge on any atom is -0.493 e. The molecule has 3 fully saturated rings. The van der Waals surface area contributed by atoms with Gasteiger partial charge in [0.25, 0.3) is 0 Å². The first-order valence-corrected chi connectivity index (χ1v) is 39.8. The molecule has 9 amide bonds. The minimum absolute atomic E-state index is 0.00779. The van der Waals surface area contributed by atoms with Gasteiger partial charge in [-0.1, -0.05) is 106 Å². The van der Waals surface area contributed by atoms with Crippen molar-refractivity contribution in [3.8, 4) is 11.5 Å². The van der Waals surface area contributed by atoms with Crippen LogP contribution in [0.5, 0.6) is 11.5 Å². The third kappa shape index (κ3) is 27.3. The normalized spacial score (nSPS) is 18.6. The van der Waals surface area contributed by atoms with Gasteiger partial charge in [0.05, 0.1) is 80.8 Å². The lowest BCUT2D eigenvalue weighted by molar-refractivity contribution is -0.149. The maximum absolute atomic E-state index is 15.2. The lowest BCUT2D eigenvalue weighted by atomic mass is 9.83. The van der Waals surface area contributed by atoms with Crippen LogP contribution in [0, 0.1) is 46.8 Å². The number of likely N-dealkylation sites (tertiary alicyclic amines) is 2. The number of likely N-dealkylation sites (N-methyl/N-ethyl adjacent to an activating group) is 2. The SMILES string of the molecule is CC[C@H](C)[C@@H]([C@@H](CC(=O)N1C[C@@H](NC(=O)OCc2ccc(CC(=O)[C@H](CCCCC(N)=O)NC(=O)[C@@H](CC(=O)CCCCCN3C(=O)CC(SCC4(CC(=O)NC)CC4)C3=O)C(C)C)cc2)C[C@H]1[C@H](OC)[C@@H](C)C(=O)NCC(=O)c1ccc(OC)c(OC)c1)OC)N(C)C(=O)[C@@H](CC(=O)[C@H](C(C)C)N(C)C)C(C)C. The number of nitrogens with one attached hydrogen (secondary N) is 4. The highest BCUT2D eigenvalue weighted by Gasteiger charge is 2.49. The molecule has 608 valence electrons. The summed E-state index contributed by atoms with van der Waals surface area (Å²) >= 11 is 1.45. The number of ketones is 4. The summed E-state index contributed by atoms with van der Waals surface area (Å²) in [6, 6.07) is 7.92. The number of Topliss-reactive ketones (excluding diaryl/α,β-unsaturated/α-hetero) is 4. The highest BCUT2D eigenvalue weighted by Crippen LogP contribution is 2.52. The molecule has 109 heavy (non-hydrogen) atoms. The molecule has 2 aromatic carbocycles. The van der Waals surface area contributed by atoms with Crippen molar-refractivity contribution < 1.29 is 86.0 Å². The van der Waals surface area contributed by atoms with Crippen LogP contribution in [-0.2, 0) is 80.0 Å². The molecular formula is C81H125N9O18S. The molecule has 2 heterocycles. The van der Waals surface area contributed by atoms with Crippen molar-refractivity contribution >= 4 is 88.2 Å². The number of benzene rings is 2. The number of nitrogens with zero attached hydrogens (tertiary/aromatic N) is 4. The Hall–Kier alpha value is -7.82. The number of ether oxygens (including phenoxy) is 5. The molecule has 2 aromatic rings. The summed E-state index contributed by atoms with van der Waals surface area (Å²) in [5.74, 6) is -5.12. The van der Waals surface area contributed by atoms with Gasteiger partial charge in [0.1, 0.15) is 12.4 Å². The Balaban J connectivity index is 1.25. The Bertz CT molecular complexity index is 3430. The van der Waals surface area contributed by atoms with E-state index in [1.165, 1.54) is 51.2 Å². The van der Waals surface area contributed by atoms with Crippen LogP contribution in [0.15, 0.2) is 42.5 Å². The quantitative estimate of drug-likeness (QED) is 0.0239. The molecule has 0 spiro atoms. The first kappa shape index (κ1) is 91.8. The molecule has 27 nitrogen and oxygen atoms in total. The van der Waals surface area contributed by atoms with Gasteiger partial charge >= 0.3 is 6.09 Å². The number of hydrogen-bond acceptors (Lipinski definition) is 20. The highest BCUT2D eigenvalue weighted by atomic mass is 32.2. The molecule has 0 bridgehead atoms. The van der Waals surface area contributed by atoms with E-state index in [9.17, 15) is 57.5 Å². The number of nitrogens with two attached hydrogens (primary N) is 1. The summed E-state index contributed by atoms with van der Waals surface area (Å²) < 4.78 is 28.7. The van der Waals surface area contributed by atoms with Crippen LogP contribution < -0.4 is 36.5 Å². The van der Waals surface area contributed by atoms with Crippen LogP contribution in [0.2, 0.25) is 0 Å². The van der Waals surface area contributed by atoms with Crippen LogP contribution in [-0.4, -0.2) is 226 Å². The van der Waals surface area contributed by atoms with Gasteiger partial charge in [-0.3, -0.25) is 67.3 Å². The third-order valence-corrected chi connectivity index (χ3v) is 23.5. The zero-order valence-electron chi connectivity index (χ0n) is 67.6. The second-order valence-electron chi connectivity index (χ2n) is 31.3. The van der Waals surface area contributed by atoms with Gasteiger partial charge in [0.15, 0.2) is 28.8 Å². The van der Waals surface area contributed by atoms with Crippen molar-refractivity contribution in [1.82, 2.24) is 40.9 Å². The number of carbonyl (C=O) groups excluding carboxylic acids is 13. The lowest BCUT2D eigenvalue weighted by Crippen LogP contribution is -2.54. The van der Waals surface area contributed by atoms with Crippen molar-refractivity contribution in [3.63, 3.8) is 0 Å². The van der Waals surface area contributed by atoms with Crippen molar-refractivity contribution in [3.05, 3.63) is 59.2 Å². The predicted molar refractivity (Wildman–Crippen MR) is 415 cm³/mol. The maximum Gasteiger partial charge on any atom is 0.407 e. The molecule has 0 radical (unpaired) electrons. The van der Waals surface area contributed by atoms with E-state index in [2.05, 4.69) is 21.3 Å². The van der Waals surface area contributed by atoms with Crippen molar-refractivity contribution in [1.29, 1.82) is 0 Å². The van der Waals surface area contributed by atoms with E-state index < -0.39 is 101 Å². The molecule has 1 unspecified atom stereocenters. The molecule has 1 saturated carbocycles. The predicted octanol–water partition coefficient (Wildman–Crippen LogP) is 7.86. The number of imide groups is 1. The number of carbonyl (C=O) groups is 13. The van der Waals surface area contributed by atoms with Gasteiger partial charge in [-0.25, -0.2) is 4.79 Å². The van der Waals surface area contributed by atoms with Gasteiger partial charge in [0.2, 0.25) is 47.3 Å². The number of methoxy groups -OCH3 is 4. The van der Waals surface area contributed by atoms with E-state index in [0.29, 0.717) is 73.3 Å². The van der Waals surface area contributed by atoms with E-state index in [-0.39, 0.29) is 160 Å². The molecule has 2 aliphatic heterocycles. The molecule has 3 aliphatic rings. The molecular weight excluding hydrogens is 1420 g/mol. The first-order chi connectivity index (χ1) is 51.6. The minimum atomic E-state index is -0.981. The number of alkyl carbamates (subject to hydrolysis) is 1. The van der Waals surface area contributed by atoms with Gasteiger partial charge in [0, 0.05) is 110 Å². The Morgan fingerprint density at radius 3 is 1.96 bits per heavy atom. The zero-order valence-corrected chi connectivity index (χ0v) is 68.4. The molecule has 6 N–H and O–H groups in total. The highest BCUT2D eigenvalue weighted by molar-refractivity contribution is 8.00. The van der Waals surface area contributed by atoms with E-state index >= 15 is 4.79 Å². The largest absolute Gasteiger partial charge is 0.493 e. The number of unbranched alkanes of at least 4 members (excludes halogenated alkanes) is 3. The maximum atomic E-state index is 15.2. The Morgan fingerprint density at radius 1 is 0.734 bits per heavy atom. The smallest absolute Gasteiger partial charge is 0.407 e. The van der Waals surface area contributed by atoms with Crippen LogP contribution in [0.25, 0.3) is 0 Å². The molecule has 28 heteroatoms. The Kier molecular flexibility index (Phi) is 37.3. The van der Waals surface area contributed by atoms with Gasteiger partial charge in [-0.2, -0.15) is 0 Å². The average molecular weight is 1550 g/mol. The van der Waals surface area contributed by atoms with Gasteiger partial charge < -0.3 is 60.5 Å². The number of thioether (sulfide) groups is 1. The fraction of sp³-hybridized carbons (Fsp3) is 0.691. The van der Waals surface area contributed by atoms with Crippen molar-refractivity contribution in [2.75, 3.05) is 82.0 Å². The summed E-state index contributed by atoms with van der Waals surface area (Å²) in [5.41, 5.74) is 6.75. The molecule has 12 atom stereocenters. The van der Waals surface area contributed by atoms with Crippen LogP contribution >= 0.6 is 11.8 Å². The van der Waals surface area contributed by atoms with Gasteiger partial charge in [-0.15, -0.1) is 11.8 Å². The Labute approximate surface area is 649 Å². The summed E-state index contributed by atoms with van der Waals surface area (Å²) in [6.45, 7) is 16.7. The summed E-state index contributed by atoms with van der Waals surface area (Å²) in [7, 11) is 12.8. The Morgan fingerprint density at radius 2 is 1.39 bits per heavy atom. The standard InChI is InChI=1S/C81H125N9O18S/c1-18-51(8)74(88(13)78(101)59(49(4)5)40-63(93)73(50(6)7)87(11)12)67(106-16)41-71(97)90-45-56(38-61(90)75(107-17)52(9)76(99)84-44-64(94)55-31-32-65(104-14)66(37-55)105-15)85-80(103)108-46-54-29-27-53(28-30-54)36-62(92)60(25-21-22-26-69(82)95)86-77(100)58(48(2)3)39-57(91)24-20-19-23-35-89-72(98)42-68(79(89)102)109-47-81(33-34-81)43-70(96)83-10/h27-32,37,48-52,56,58-61,67-68,73-75H,18-26,33-36,38-47H2,1-17H3,(H2,82,95)(H,83,96)(H,84,99)(H,85,103)(H,86,100)/t51-,52+,56-,58-,59-,60-,61-,67+,68?,73-,74-,75+/m0/s1. The summed E-state index contributed by atoms with van der Waals surface area (Å²) in [5, 5.41) is 10.8. The first-order valence-electron chi connectivity index (χ1n) is 38.7. The fourth-order valence-corrected chi connectivity index (χ4v) is 16.5. The van der Waals surface area contributed by atoms with Crippen LogP contribution in [0.3, 0.4) is 0 Å². The summed E-state index contributed by atoms with van der Waals surface area (Å²) in [4.78, 5) is 183. The van der Waals surface area contributed by atoms with Crippen LogP contribution in [0.4, 0.5) is 4.79 Å². The average Bonchev–Trinajstić information content (AvgIpc) is 1.70. The zero-order chi connectivity index (χ0) is 81.1. The number of hydrogen-bond donors (Lipinski definition) is 5. The third-order valence-electron chi connectivity index (χ3n) is 21.9. The summed E-state index contributed by atoms with van der Waals surface area (Å²) in [6.07, 6.45) is 2.97. The van der Waals surface area contributed by atoms with E-state index in [4.69, 9.17) is 29.4 Å². The van der Waals surface area contributed by atoms with Gasteiger partial charge in [-0.05, 0) is 117 Å². The van der Waals surface area contributed by atoms with Crippen molar-refractivity contribution in [2.45, 2.75) is 232 Å². The second-order valence-corrected chi connectivity index (χ2v) is 32.5. The van der Waals surface area contributed by atoms with E-state index in [1.54, 1.807) is 67.2 Å². The number of rotatable bonds is 50. The number of primary amides is 1. The molecule has 2 saturated heterocycles. The lowest BCUT2D eigenvalue weighted by Gasteiger charge is -2.41. The molecule has 0 aromatic heterocycles. The topological polar surface area (TPSA) is 355 Å². The van der Waals surface area contributed by atoms with Crippen molar-refractivity contribution in [2.24, 2.45) is 52.6 Å². The van der Waals surface area contributed by atoms with Crippen LogP contribution in [0.1, 0.15) is 193 Å². The second kappa shape index (κ2) is 44.3. The number of amides is 9. The molecule has 5 rings (SSSR count).